The number of aromatic carboxylic acids is 1. The predicted molar refractivity (Wildman–Crippen MR) is 66.8 cm³/mol. The van der Waals surface area contributed by atoms with Crippen molar-refractivity contribution >= 4 is 17.7 Å². The van der Waals surface area contributed by atoms with Gasteiger partial charge in [0.1, 0.15) is 10.7 Å². The summed E-state index contributed by atoms with van der Waals surface area (Å²) in [7, 11) is 0. The lowest BCUT2D eigenvalue weighted by molar-refractivity contribution is 0.0690. The lowest BCUT2D eigenvalue weighted by Gasteiger charge is -2.05. The van der Waals surface area contributed by atoms with Crippen LogP contribution in [0.2, 0.25) is 0 Å². The molecule has 0 fully saturated rings. The van der Waals surface area contributed by atoms with E-state index >= 15 is 0 Å². The molecule has 0 unspecified atom stereocenters. The van der Waals surface area contributed by atoms with E-state index in [-0.39, 0.29) is 5.69 Å². The van der Waals surface area contributed by atoms with Gasteiger partial charge in [0, 0.05) is 17.3 Å². The average Bonchev–Trinajstić information content (AvgIpc) is 2.34. The Bertz CT molecular complexity index is 602. The van der Waals surface area contributed by atoms with Crippen molar-refractivity contribution in [2.45, 2.75) is 23.8 Å². The second-order valence-electron chi connectivity index (χ2n) is 3.69. The summed E-state index contributed by atoms with van der Waals surface area (Å²) < 4.78 is 0. The zero-order chi connectivity index (χ0) is 13.1. The molecule has 0 saturated heterocycles. The predicted octanol–water partition coefficient (Wildman–Crippen LogP) is 2.34. The SMILES string of the molecule is Cc1cnc(C)c(Sc2ccnc(C(=O)O)c2)n1. The van der Waals surface area contributed by atoms with E-state index in [1.165, 1.54) is 24.0 Å². The highest BCUT2D eigenvalue weighted by Gasteiger charge is 2.08. The van der Waals surface area contributed by atoms with Crippen molar-refractivity contribution in [2.75, 3.05) is 0 Å². The zero-order valence-electron chi connectivity index (χ0n) is 9.91. The molecule has 18 heavy (non-hydrogen) atoms. The summed E-state index contributed by atoms with van der Waals surface area (Å²) in [5.74, 6) is -1.04. The molecular formula is C12H11N3O2S. The monoisotopic (exact) mass is 261 g/mol. The third-order valence-electron chi connectivity index (χ3n) is 2.20. The Morgan fingerprint density at radius 3 is 2.83 bits per heavy atom. The summed E-state index contributed by atoms with van der Waals surface area (Å²) in [5, 5.41) is 9.65. The van der Waals surface area contributed by atoms with Gasteiger partial charge in [0.05, 0.1) is 11.4 Å². The average molecular weight is 261 g/mol. The van der Waals surface area contributed by atoms with Gasteiger partial charge in [0.15, 0.2) is 0 Å². The molecule has 0 aliphatic heterocycles. The fourth-order valence-electron chi connectivity index (χ4n) is 1.32. The first-order valence-corrected chi connectivity index (χ1v) is 6.05. The van der Waals surface area contributed by atoms with Crippen molar-refractivity contribution in [2.24, 2.45) is 0 Å². The molecular weight excluding hydrogens is 250 g/mol. The van der Waals surface area contributed by atoms with Crippen molar-refractivity contribution in [3.8, 4) is 0 Å². The fraction of sp³-hybridized carbons (Fsp3) is 0.167. The van der Waals surface area contributed by atoms with Gasteiger partial charge in [-0.2, -0.15) is 0 Å². The summed E-state index contributed by atoms with van der Waals surface area (Å²) in [5.41, 5.74) is 1.67. The molecule has 2 heterocycles. The van der Waals surface area contributed by atoms with Crippen molar-refractivity contribution < 1.29 is 9.90 Å². The van der Waals surface area contributed by atoms with Crippen LogP contribution >= 0.6 is 11.8 Å². The lowest BCUT2D eigenvalue weighted by Crippen LogP contribution is -1.99. The Morgan fingerprint density at radius 1 is 1.33 bits per heavy atom. The Labute approximate surface area is 108 Å². The number of aryl methyl sites for hydroxylation is 2. The van der Waals surface area contributed by atoms with Crippen LogP contribution in [0.4, 0.5) is 0 Å². The molecule has 5 nitrogen and oxygen atoms in total. The molecule has 2 aromatic rings. The summed E-state index contributed by atoms with van der Waals surface area (Å²) in [4.78, 5) is 24.0. The molecule has 0 radical (unpaired) electrons. The normalized spacial score (nSPS) is 10.3. The molecule has 0 aromatic carbocycles. The highest BCUT2D eigenvalue weighted by molar-refractivity contribution is 7.99. The zero-order valence-corrected chi connectivity index (χ0v) is 10.7. The van der Waals surface area contributed by atoms with Crippen LogP contribution in [0.1, 0.15) is 21.9 Å². The second kappa shape index (κ2) is 5.14. The van der Waals surface area contributed by atoms with Crippen molar-refractivity contribution in [1.29, 1.82) is 0 Å². The van der Waals surface area contributed by atoms with Gasteiger partial charge in [-0.25, -0.2) is 14.8 Å². The van der Waals surface area contributed by atoms with Gasteiger partial charge in [-0.1, -0.05) is 11.8 Å². The number of pyridine rings is 1. The molecule has 2 rings (SSSR count). The number of carboxylic acid groups (broad SMARTS) is 1. The first-order chi connectivity index (χ1) is 8.56. The first kappa shape index (κ1) is 12.5. The summed E-state index contributed by atoms with van der Waals surface area (Å²) in [6, 6.07) is 3.27. The van der Waals surface area contributed by atoms with Crippen LogP contribution in [-0.2, 0) is 0 Å². The molecule has 0 aliphatic carbocycles. The highest BCUT2D eigenvalue weighted by Crippen LogP contribution is 2.27. The number of hydrogen-bond donors (Lipinski definition) is 1. The summed E-state index contributed by atoms with van der Waals surface area (Å²) in [6.45, 7) is 3.74. The largest absolute Gasteiger partial charge is 0.477 e. The molecule has 0 spiro atoms. The van der Waals surface area contributed by atoms with Crippen molar-refractivity contribution in [1.82, 2.24) is 15.0 Å². The molecule has 0 atom stereocenters. The third-order valence-corrected chi connectivity index (χ3v) is 3.27. The Hall–Kier alpha value is -1.95. The smallest absolute Gasteiger partial charge is 0.354 e. The molecule has 6 heteroatoms. The van der Waals surface area contributed by atoms with Crippen molar-refractivity contribution in [3.63, 3.8) is 0 Å². The maximum Gasteiger partial charge on any atom is 0.354 e. The molecule has 0 aliphatic rings. The third kappa shape index (κ3) is 2.84. The van der Waals surface area contributed by atoms with Crippen LogP contribution in [-0.4, -0.2) is 26.0 Å². The van der Waals surface area contributed by atoms with E-state index in [0.717, 1.165) is 21.3 Å². The minimum atomic E-state index is -1.04. The maximum atomic E-state index is 10.8. The number of rotatable bonds is 3. The van der Waals surface area contributed by atoms with Gasteiger partial charge in [0.25, 0.3) is 0 Å². The molecule has 2 aromatic heterocycles. The van der Waals surface area contributed by atoms with Crippen LogP contribution in [0.15, 0.2) is 34.4 Å². The minimum absolute atomic E-state index is 0.0262. The van der Waals surface area contributed by atoms with Crippen LogP contribution in [0, 0.1) is 13.8 Å². The van der Waals surface area contributed by atoms with Gasteiger partial charge in [0.2, 0.25) is 0 Å². The Balaban J connectivity index is 2.31. The highest BCUT2D eigenvalue weighted by atomic mass is 32.2. The van der Waals surface area contributed by atoms with Crippen molar-refractivity contribution in [3.05, 3.63) is 41.6 Å². The first-order valence-electron chi connectivity index (χ1n) is 5.23. The van der Waals surface area contributed by atoms with E-state index in [0.29, 0.717) is 0 Å². The summed E-state index contributed by atoms with van der Waals surface area (Å²) in [6.07, 6.45) is 3.18. The maximum absolute atomic E-state index is 10.8. The number of carboxylic acids is 1. The van der Waals surface area contributed by atoms with E-state index in [2.05, 4.69) is 15.0 Å². The van der Waals surface area contributed by atoms with Crippen LogP contribution in [0.3, 0.4) is 0 Å². The topological polar surface area (TPSA) is 76.0 Å². The van der Waals surface area contributed by atoms with E-state index in [1.54, 1.807) is 12.3 Å². The summed E-state index contributed by atoms with van der Waals surface area (Å²) >= 11 is 1.38. The second-order valence-corrected chi connectivity index (χ2v) is 4.75. The minimum Gasteiger partial charge on any atom is -0.477 e. The number of nitrogens with zero attached hydrogens (tertiary/aromatic N) is 3. The number of aromatic nitrogens is 3. The van der Waals surface area contributed by atoms with E-state index in [1.807, 2.05) is 13.8 Å². The van der Waals surface area contributed by atoms with Gasteiger partial charge in [-0.05, 0) is 26.0 Å². The van der Waals surface area contributed by atoms with Crippen LogP contribution in [0.25, 0.3) is 0 Å². The lowest BCUT2D eigenvalue weighted by atomic mass is 10.3. The molecule has 0 amide bonds. The van der Waals surface area contributed by atoms with Crippen LogP contribution in [0.5, 0.6) is 0 Å². The Morgan fingerprint density at radius 2 is 2.11 bits per heavy atom. The standard InChI is InChI=1S/C12H11N3O2S/c1-7-6-14-8(2)11(15-7)18-9-3-4-13-10(5-9)12(16)17/h3-6H,1-2H3,(H,16,17). The van der Waals surface area contributed by atoms with E-state index in [9.17, 15) is 4.79 Å². The van der Waals surface area contributed by atoms with Crippen LogP contribution < -0.4 is 0 Å². The van der Waals surface area contributed by atoms with Gasteiger partial charge in [-0.15, -0.1) is 0 Å². The van der Waals surface area contributed by atoms with Gasteiger partial charge >= 0.3 is 5.97 Å². The Kier molecular flexibility index (Phi) is 3.57. The quantitative estimate of drug-likeness (QED) is 0.913. The molecule has 0 bridgehead atoms. The molecule has 0 saturated carbocycles. The fourth-order valence-corrected chi connectivity index (χ4v) is 2.23. The van der Waals surface area contributed by atoms with E-state index < -0.39 is 5.97 Å². The molecule has 1 N–H and O–H groups in total. The van der Waals surface area contributed by atoms with Gasteiger partial charge in [-0.3, -0.25) is 4.98 Å². The molecule has 92 valence electrons. The number of carbonyl (C=O) groups is 1. The van der Waals surface area contributed by atoms with E-state index in [4.69, 9.17) is 5.11 Å². The van der Waals surface area contributed by atoms with Gasteiger partial charge < -0.3 is 5.11 Å². The number of hydrogen-bond acceptors (Lipinski definition) is 5.